The second-order valence-electron chi connectivity index (χ2n) is 3.01. The van der Waals surface area contributed by atoms with E-state index in [2.05, 4.69) is 5.32 Å². The molecule has 1 atom stereocenters. The third-order valence-electron chi connectivity index (χ3n) is 2.06. The van der Waals surface area contributed by atoms with E-state index in [4.69, 9.17) is 5.73 Å². The average molecular weight is 193 g/mol. The van der Waals surface area contributed by atoms with Gasteiger partial charge in [0.05, 0.1) is 6.54 Å². The second kappa shape index (κ2) is 4.48. The normalized spacial score (nSPS) is 25.0. The number of alkyl halides is 2. The van der Waals surface area contributed by atoms with Crippen LogP contribution < -0.4 is 11.1 Å². The van der Waals surface area contributed by atoms with E-state index in [0.29, 0.717) is 19.6 Å². The zero-order valence-corrected chi connectivity index (χ0v) is 7.17. The molecule has 0 aliphatic carbocycles. The highest BCUT2D eigenvalue weighted by atomic mass is 19.3. The number of nitrogens with one attached hydrogen (secondary N) is 1. The van der Waals surface area contributed by atoms with Crippen LogP contribution in [0.2, 0.25) is 0 Å². The molecule has 1 unspecified atom stereocenters. The summed E-state index contributed by atoms with van der Waals surface area (Å²) in [6.07, 6.45) is -2.42. The van der Waals surface area contributed by atoms with Crippen LogP contribution in [0.15, 0.2) is 0 Å². The molecule has 1 aliphatic rings. The summed E-state index contributed by atoms with van der Waals surface area (Å²) in [4.78, 5) is 12.3. The SMILES string of the molecule is NC(=O)C1CNCCN1CC(F)F. The van der Waals surface area contributed by atoms with E-state index in [0.717, 1.165) is 0 Å². The van der Waals surface area contributed by atoms with E-state index >= 15 is 0 Å². The summed E-state index contributed by atoms with van der Waals surface area (Å²) < 4.78 is 24.1. The van der Waals surface area contributed by atoms with Crippen LogP contribution in [0.5, 0.6) is 0 Å². The van der Waals surface area contributed by atoms with Crippen LogP contribution in [0.1, 0.15) is 0 Å². The topological polar surface area (TPSA) is 58.4 Å². The van der Waals surface area contributed by atoms with Crippen LogP contribution in [0.3, 0.4) is 0 Å². The van der Waals surface area contributed by atoms with Crippen molar-refractivity contribution in [1.82, 2.24) is 10.2 Å². The minimum atomic E-state index is -2.42. The fourth-order valence-electron chi connectivity index (χ4n) is 1.42. The summed E-state index contributed by atoms with van der Waals surface area (Å²) >= 11 is 0. The summed E-state index contributed by atoms with van der Waals surface area (Å²) in [6.45, 7) is 1.05. The van der Waals surface area contributed by atoms with Crippen molar-refractivity contribution >= 4 is 5.91 Å². The van der Waals surface area contributed by atoms with Gasteiger partial charge < -0.3 is 11.1 Å². The van der Waals surface area contributed by atoms with Crippen molar-refractivity contribution in [2.24, 2.45) is 5.73 Å². The van der Waals surface area contributed by atoms with Gasteiger partial charge in [-0.25, -0.2) is 8.78 Å². The summed E-state index contributed by atoms with van der Waals surface area (Å²) in [5.41, 5.74) is 5.07. The standard InChI is InChI=1S/C7H13F2N3O/c8-6(9)4-12-2-1-11-3-5(12)7(10)13/h5-6,11H,1-4H2,(H2,10,13). The number of primary amides is 1. The highest BCUT2D eigenvalue weighted by Gasteiger charge is 2.28. The molecule has 0 radical (unpaired) electrons. The van der Waals surface area contributed by atoms with Gasteiger partial charge in [0.1, 0.15) is 6.04 Å². The number of rotatable bonds is 3. The molecule has 1 fully saturated rings. The molecule has 0 aromatic carbocycles. The Morgan fingerprint density at radius 3 is 2.92 bits per heavy atom. The molecule has 4 nitrogen and oxygen atoms in total. The summed E-state index contributed by atoms with van der Waals surface area (Å²) in [5, 5.41) is 2.93. The first-order valence-electron chi connectivity index (χ1n) is 4.13. The van der Waals surface area contributed by atoms with Gasteiger partial charge in [-0.05, 0) is 0 Å². The minimum absolute atomic E-state index is 0.363. The molecular formula is C7H13F2N3O. The number of nitrogens with zero attached hydrogens (tertiary/aromatic N) is 1. The van der Waals surface area contributed by atoms with E-state index in [1.54, 1.807) is 0 Å². The van der Waals surface area contributed by atoms with Gasteiger partial charge in [-0.3, -0.25) is 9.69 Å². The van der Waals surface area contributed by atoms with Crippen molar-refractivity contribution in [3.05, 3.63) is 0 Å². The van der Waals surface area contributed by atoms with Gasteiger partial charge in [-0.2, -0.15) is 0 Å². The Hall–Kier alpha value is -0.750. The van der Waals surface area contributed by atoms with E-state index in [1.165, 1.54) is 4.90 Å². The molecule has 3 N–H and O–H groups in total. The predicted octanol–water partition coefficient (Wildman–Crippen LogP) is -0.989. The summed E-state index contributed by atoms with van der Waals surface area (Å²) in [7, 11) is 0. The number of nitrogens with two attached hydrogens (primary N) is 1. The van der Waals surface area contributed by atoms with Crippen molar-refractivity contribution in [1.29, 1.82) is 0 Å². The van der Waals surface area contributed by atoms with Crippen LogP contribution in [-0.4, -0.2) is 49.5 Å². The largest absolute Gasteiger partial charge is 0.368 e. The highest BCUT2D eigenvalue weighted by Crippen LogP contribution is 2.06. The molecule has 0 spiro atoms. The van der Waals surface area contributed by atoms with Crippen molar-refractivity contribution in [3.8, 4) is 0 Å². The molecule has 1 rings (SSSR count). The van der Waals surface area contributed by atoms with E-state index in [9.17, 15) is 13.6 Å². The molecule has 1 amide bonds. The third kappa shape index (κ3) is 2.89. The maximum absolute atomic E-state index is 12.0. The van der Waals surface area contributed by atoms with E-state index in [-0.39, 0.29) is 6.54 Å². The molecule has 0 aromatic rings. The molecule has 13 heavy (non-hydrogen) atoms. The fraction of sp³-hybridized carbons (Fsp3) is 0.857. The Kier molecular flexibility index (Phi) is 3.56. The lowest BCUT2D eigenvalue weighted by Crippen LogP contribution is -2.57. The third-order valence-corrected chi connectivity index (χ3v) is 2.06. The van der Waals surface area contributed by atoms with Crippen molar-refractivity contribution in [2.45, 2.75) is 12.5 Å². The molecule has 0 bridgehead atoms. The number of hydrogen-bond donors (Lipinski definition) is 2. The molecule has 1 heterocycles. The first-order valence-corrected chi connectivity index (χ1v) is 4.13. The van der Waals surface area contributed by atoms with Crippen molar-refractivity contribution in [3.63, 3.8) is 0 Å². The summed E-state index contributed by atoms with van der Waals surface area (Å²) in [5.74, 6) is -0.548. The Labute approximate surface area is 75.1 Å². The Morgan fingerprint density at radius 2 is 2.38 bits per heavy atom. The van der Waals surface area contributed by atoms with Gasteiger partial charge >= 0.3 is 0 Å². The van der Waals surface area contributed by atoms with Crippen LogP contribution >= 0.6 is 0 Å². The fourth-order valence-corrected chi connectivity index (χ4v) is 1.42. The molecule has 1 aliphatic heterocycles. The van der Waals surface area contributed by atoms with E-state index < -0.39 is 18.4 Å². The zero-order chi connectivity index (χ0) is 9.84. The zero-order valence-electron chi connectivity index (χ0n) is 7.17. The molecule has 6 heteroatoms. The van der Waals surface area contributed by atoms with Crippen LogP contribution in [0.4, 0.5) is 8.78 Å². The van der Waals surface area contributed by atoms with Gasteiger partial charge in [-0.15, -0.1) is 0 Å². The van der Waals surface area contributed by atoms with Gasteiger partial charge in [0.25, 0.3) is 6.43 Å². The number of hydrogen-bond acceptors (Lipinski definition) is 3. The van der Waals surface area contributed by atoms with Crippen LogP contribution in [0.25, 0.3) is 0 Å². The predicted molar refractivity (Wildman–Crippen MR) is 43.4 cm³/mol. The summed E-state index contributed by atoms with van der Waals surface area (Å²) in [6, 6.07) is -0.595. The van der Waals surface area contributed by atoms with Crippen molar-refractivity contribution in [2.75, 3.05) is 26.2 Å². The lowest BCUT2D eigenvalue weighted by Gasteiger charge is -2.33. The number of piperazine rings is 1. The molecule has 1 saturated heterocycles. The number of halogens is 2. The average Bonchev–Trinajstić information content (AvgIpc) is 2.03. The lowest BCUT2D eigenvalue weighted by molar-refractivity contribution is -0.124. The van der Waals surface area contributed by atoms with Crippen LogP contribution in [0, 0.1) is 0 Å². The number of carbonyl (C=O) groups excluding carboxylic acids is 1. The number of amides is 1. The smallest absolute Gasteiger partial charge is 0.251 e. The number of carbonyl (C=O) groups is 1. The van der Waals surface area contributed by atoms with Gasteiger partial charge in [0.15, 0.2) is 0 Å². The molecular weight excluding hydrogens is 180 g/mol. The first-order chi connectivity index (χ1) is 6.11. The van der Waals surface area contributed by atoms with Crippen LogP contribution in [-0.2, 0) is 4.79 Å². The second-order valence-corrected chi connectivity index (χ2v) is 3.01. The molecule has 0 saturated carbocycles. The van der Waals surface area contributed by atoms with E-state index in [1.807, 2.05) is 0 Å². The quantitative estimate of drug-likeness (QED) is 0.605. The monoisotopic (exact) mass is 193 g/mol. The Balaban J connectivity index is 2.51. The lowest BCUT2D eigenvalue weighted by atomic mass is 10.2. The maximum Gasteiger partial charge on any atom is 0.251 e. The maximum atomic E-state index is 12.0. The Morgan fingerprint density at radius 1 is 1.69 bits per heavy atom. The van der Waals surface area contributed by atoms with Gasteiger partial charge in [0, 0.05) is 19.6 Å². The molecule has 0 aromatic heterocycles. The highest BCUT2D eigenvalue weighted by molar-refractivity contribution is 5.80. The Bertz CT molecular complexity index is 189. The van der Waals surface area contributed by atoms with Gasteiger partial charge in [-0.1, -0.05) is 0 Å². The van der Waals surface area contributed by atoms with Crippen molar-refractivity contribution < 1.29 is 13.6 Å². The molecule has 76 valence electrons. The van der Waals surface area contributed by atoms with Gasteiger partial charge in [0.2, 0.25) is 5.91 Å². The first kappa shape index (κ1) is 10.3. The minimum Gasteiger partial charge on any atom is -0.368 e.